The van der Waals surface area contributed by atoms with Gasteiger partial charge in [-0.05, 0) is 24.7 Å². The second kappa shape index (κ2) is 5.95. The average Bonchev–Trinajstić information content (AvgIpc) is 2.09. The molecule has 0 atom stereocenters. The van der Waals surface area contributed by atoms with Gasteiger partial charge in [0.05, 0.1) is 0 Å². The topological polar surface area (TPSA) is 0 Å². The Morgan fingerprint density at radius 1 is 1.20 bits per heavy atom. The van der Waals surface area contributed by atoms with Crippen LogP contribution in [0.1, 0.15) is 48.0 Å². The van der Waals surface area contributed by atoms with Crippen molar-refractivity contribution in [3.63, 3.8) is 0 Å². The van der Waals surface area contributed by atoms with E-state index in [-0.39, 0.29) is 0 Å². The van der Waals surface area contributed by atoms with Gasteiger partial charge in [-0.2, -0.15) is 0 Å². The molecule has 0 rings (SSSR count). The second-order valence-electron chi connectivity index (χ2n) is 5.78. The fourth-order valence-corrected chi connectivity index (χ4v) is 0.966. The van der Waals surface area contributed by atoms with Gasteiger partial charge in [-0.1, -0.05) is 70.6 Å². The zero-order valence-electron chi connectivity index (χ0n) is 11.2. The average molecular weight is 206 g/mol. The summed E-state index contributed by atoms with van der Waals surface area (Å²) in [5.74, 6) is 0.539. The maximum absolute atomic E-state index is 4.02. The molecule has 0 aromatic heterocycles. The molecule has 0 bridgehead atoms. The van der Waals surface area contributed by atoms with Crippen molar-refractivity contribution < 1.29 is 0 Å². The number of allylic oxidation sites excluding steroid dienone is 5. The van der Waals surface area contributed by atoms with Gasteiger partial charge in [0.15, 0.2) is 0 Å². The van der Waals surface area contributed by atoms with Gasteiger partial charge in [0.2, 0.25) is 0 Å². The highest BCUT2D eigenvalue weighted by molar-refractivity contribution is 5.25. The largest absolute Gasteiger partial charge is 0.0956 e. The van der Waals surface area contributed by atoms with Crippen molar-refractivity contribution in [2.24, 2.45) is 11.3 Å². The van der Waals surface area contributed by atoms with Crippen LogP contribution in [0, 0.1) is 11.3 Å². The Labute approximate surface area is 95.8 Å². The Morgan fingerprint density at radius 2 is 1.73 bits per heavy atom. The van der Waals surface area contributed by atoms with E-state index in [9.17, 15) is 0 Å². The Kier molecular flexibility index (Phi) is 5.64. The molecule has 0 aliphatic rings. The van der Waals surface area contributed by atoms with E-state index in [1.54, 1.807) is 0 Å². The fraction of sp³-hybridized carbons (Fsp3) is 0.600. The van der Waals surface area contributed by atoms with Gasteiger partial charge in [0, 0.05) is 0 Å². The molecule has 86 valence electrons. The van der Waals surface area contributed by atoms with Gasteiger partial charge < -0.3 is 0 Å². The van der Waals surface area contributed by atoms with Crippen LogP contribution >= 0.6 is 0 Å². The lowest BCUT2D eigenvalue weighted by molar-refractivity contribution is 0.420. The SMILES string of the molecule is C=C(/C=C\C(C)=C/CC(C)(C)C)C(C)C. The molecule has 0 heteroatoms. The van der Waals surface area contributed by atoms with Gasteiger partial charge in [-0.25, -0.2) is 0 Å². The first-order valence-electron chi connectivity index (χ1n) is 5.76. The van der Waals surface area contributed by atoms with E-state index in [2.05, 4.69) is 66.3 Å². The molecule has 0 nitrogen and oxygen atoms in total. The third-order valence-electron chi connectivity index (χ3n) is 2.34. The number of rotatable bonds is 4. The summed E-state index contributed by atoms with van der Waals surface area (Å²) >= 11 is 0. The normalized spacial score (nSPS) is 13.9. The minimum absolute atomic E-state index is 0.379. The summed E-state index contributed by atoms with van der Waals surface area (Å²) in [6, 6.07) is 0. The summed E-state index contributed by atoms with van der Waals surface area (Å²) < 4.78 is 0. The Morgan fingerprint density at radius 3 is 2.13 bits per heavy atom. The van der Waals surface area contributed by atoms with E-state index in [0.29, 0.717) is 11.3 Å². The summed E-state index contributed by atoms with van der Waals surface area (Å²) in [7, 11) is 0. The second-order valence-corrected chi connectivity index (χ2v) is 5.78. The minimum Gasteiger partial charge on any atom is -0.0956 e. The molecule has 0 saturated carbocycles. The zero-order valence-corrected chi connectivity index (χ0v) is 11.2. The third kappa shape index (κ3) is 8.23. The Bertz CT molecular complexity index is 256. The van der Waals surface area contributed by atoms with Crippen LogP contribution in [0.15, 0.2) is 36.0 Å². The van der Waals surface area contributed by atoms with E-state index in [1.807, 2.05) is 0 Å². The molecular weight excluding hydrogens is 180 g/mol. The van der Waals surface area contributed by atoms with Crippen molar-refractivity contribution in [1.29, 1.82) is 0 Å². The lowest BCUT2D eigenvalue weighted by Gasteiger charge is -2.15. The first kappa shape index (κ1) is 14.2. The summed E-state index contributed by atoms with van der Waals surface area (Å²) in [4.78, 5) is 0. The molecule has 0 aromatic carbocycles. The van der Waals surface area contributed by atoms with E-state index in [4.69, 9.17) is 0 Å². The molecule has 0 amide bonds. The molecule has 0 fully saturated rings. The fourth-order valence-electron chi connectivity index (χ4n) is 0.966. The molecule has 0 aliphatic carbocycles. The standard InChI is InChI=1S/C15H26/c1-12(2)14(4)9-8-13(3)10-11-15(5,6)7/h8-10,12H,4,11H2,1-3,5-7H3/b9-8-,13-10-. The summed E-state index contributed by atoms with van der Waals surface area (Å²) in [6.07, 6.45) is 7.70. The van der Waals surface area contributed by atoms with Crippen molar-refractivity contribution in [3.05, 3.63) is 36.0 Å². The maximum atomic E-state index is 4.02. The van der Waals surface area contributed by atoms with Gasteiger partial charge in [-0.15, -0.1) is 0 Å². The highest BCUT2D eigenvalue weighted by atomic mass is 14.1. The molecule has 0 aliphatic heterocycles. The van der Waals surface area contributed by atoms with E-state index >= 15 is 0 Å². The van der Waals surface area contributed by atoms with Crippen molar-refractivity contribution in [2.75, 3.05) is 0 Å². The molecule has 0 unspecified atom stereocenters. The van der Waals surface area contributed by atoms with Gasteiger partial charge in [0.25, 0.3) is 0 Å². The first-order chi connectivity index (χ1) is 6.72. The van der Waals surface area contributed by atoms with Crippen LogP contribution in [-0.2, 0) is 0 Å². The maximum Gasteiger partial charge on any atom is -0.0225 e. The molecule has 0 N–H and O–H groups in total. The molecule has 0 spiro atoms. The van der Waals surface area contributed by atoms with Crippen molar-refractivity contribution >= 4 is 0 Å². The van der Waals surface area contributed by atoms with Crippen LogP contribution in [0.4, 0.5) is 0 Å². The van der Waals surface area contributed by atoms with Crippen LogP contribution in [0.25, 0.3) is 0 Å². The summed E-state index contributed by atoms with van der Waals surface area (Å²) in [6.45, 7) is 17.3. The Balaban J connectivity index is 4.24. The highest BCUT2D eigenvalue weighted by Crippen LogP contribution is 2.20. The predicted molar refractivity (Wildman–Crippen MR) is 70.9 cm³/mol. The quantitative estimate of drug-likeness (QED) is 0.559. The van der Waals surface area contributed by atoms with E-state index < -0.39 is 0 Å². The Hall–Kier alpha value is -0.780. The molecular formula is C15H26. The first-order valence-corrected chi connectivity index (χ1v) is 5.76. The number of hydrogen-bond acceptors (Lipinski definition) is 0. The van der Waals surface area contributed by atoms with Gasteiger partial charge in [-0.3, -0.25) is 0 Å². The van der Waals surface area contributed by atoms with E-state index in [0.717, 1.165) is 6.42 Å². The van der Waals surface area contributed by atoms with Crippen LogP contribution in [0.2, 0.25) is 0 Å². The molecule has 0 aromatic rings. The molecule has 15 heavy (non-hydrogen) atoms. The van der Waals surface area contributed by atoms with Crippen molar-refractivity contribution in [1.82, 2.24) is 0 Å². The highest BCUT2D eigenvalue weighted by Gasteiger charge is 2.06. The lowest BCUT2D eigenvalue weighted by Crippen LogP contribution is -2.02. The molecule has 0 heterocycles. The van der Waals surface area contributed by atoms with Gasteiger partial charge >= 0.3 is 0 Å². The van der Waals surface area contributed by atoms with Crippen LogP contribution in [-0.4, -0.2) is 0 Å². The zero-order chi connectivity index (χ0) is 12.1. The monoisotopic (exact) mass is 206 g/mol. The van der Waals surface area contributed by atoms with Crippen LogP contribution < -0.4 is 0 Å². The van der Waals surface area contributed by atoms with Crippen molar-refractivity contribution in [3.8, 4) is 0 Å². The molecule has 0 saturated heterocycles. The number of hydrogen-bond donors (Lipinski definition) is 0. The van der Waals surface area contributed by atoms with E-state index in [1.165, 1.54) is 11.1 Å². The van der Waals surface area contributed by atoms with Crippen molar-refractivity contribution in [2.45, 2.75) is 48.0 Å². The van der Waals surface area contributed by atoms with Gasteiger partial charge in [0.1, 0.15) is 0 Å². The summed E-state index contributed by atoms with van der Waals surface area (Å²) in [5.41, 5.74) is 2.90. The third-order valence-corrected chi connectivity index (χ3v) is 2.34. The lowest BCUT2D eigenvalue weighted by atomic mass is 9.91. The minimum atomic E-state index is 0.379. The predicted octanol–water partition coefficient (Wildman–Crippen LogP) is 5.14. The van der Waals surface area contributed by atoms with Crippen LogP contribution in [0.3, 0.4) is 0 Å². The summed E-state index contributed by atoms with van der Waals surface area (Å²) in [5, 5.41) is 0. The van der Waals surface area contributed by atoms with Crippen LogP contribution in [0.5, 0.6) is 0 Å². The molecule has 0 radical (unpaired) electrons. The smallest absolute Gasteiger partial charge is 0.0225 e.